The molecule has 0 fully saturated rings. The van der Waals surface area contributed by atoms with Gasteiger partial charge in [0.05, 0.1) is 6.61 Å². The number of hydrogen-bond donors (Lipinski definition) is 1. The molecule has 1 rings (SSSR count). The van der Waals surface area contributed by atoms with Crippen molar-refractivity contribution in [2.75, 3.05) is 13.2 Å². The topological polar surface area (TPSA) is 21.3 Å². The highest BCUT2D eigenvalue weighted by Gasteiger charge is 2.26. The number of hydrogen-bond acceptors (Lipinski definition) is 2. The van der Waals surface area contributed by atoms with Crippen molar-refractivity contribution in [1.82, 2.24) is 5.32 Å². The molecule has 0 radical (unpaired) electrons. The normalized spacial score (nSPS) is 13.2. The van der Waals surface area contributed by atoms with Gasteiger partial charge in [-0.25, -0.2) is 4.39 Å². The first-order chi connectivity index (χ1) is 9.85. The molecule has 120 valence electrons. The molecule has 6 heteroatoms. The zero-order valence-corrected chi connectivity index (χ0v) is 12.3. The summed E-state index contributed by atoms with van der Waals surface area (Å²) in [6.45, 7) is 4.44. The van der Waals surface area contributed by atoms with E-state index >= 15 is 0 Å². The first-order valence-electron chi connectivity index (χ1n) is 7.06. The quantitative estimate of drug-likeness (QED) is 0.559. The molecule has 1 aromatic rings. The maximum Gasteiger partial charge on any atom is 0.389 e. The van der Waals surface area contributed by atoms with Gasteiger partial charge in [0.15, 0.2) is 0 Å². The molecule has 1 N–H and O–H groups in total. The monoisotopic (exact) mass is 307 g/mol. The lowest BCUT2D eigenvalue weighted by Crippen LogP contribution is -2.21. The Morgan fingerprint density at radius 2 is 2.00 bits per heavy atom. The number of alkyl halides is 3. The Morgan fingerprint density at radius 1 is 1.29 bits per heavy atom. The van der Waals surface area contributed by atoms with Gasteiger partial charge in [0.2, 0.25) is 0 Å². The van der Waals surface area contributed by atoms with Crippen LogP contribution in [0.4, 0.5) is 17.6 Å². The summed E-state index contributed by atoms with van der Waals surface area (Å²) in [7, 11) is 0. The lowest BCUT2D eigenvalue weighted by Gasteiger charge is -2.19. The number of ether oxygens (including phenoxy) is 1. The largest absolute Gasteiger partial charge is 0.493 e. The van der Waals surface area contributed by atoms with E-state index in [1.54, 1.807) is 13.0 Å². The molecule has 1 aromatic carbocycles. The Kier molecular flexibility index (Phi) is 6.95. The molecule has 0 aromatic heterocycles. The third-order valence-electron chi connectivity index (χ3n) is 3.01. The summed E-state index contributed by atoms with van der Waals surface area (Å²) in [4.78, 5) is 0. The van der Waals surface area contributed by atoms with Crippen LogP contribution in [0.5, 0.6) is 5.75 Å². The SMILES string of the molecule is CCCNC(C)c1c(F)cccc1OCCCC(F)(F)F. The van der Waals surface area contributed by atoms with E-state index in [9.17, 15) is 17.6 Å². The molecule has 0 aliphatic heterocycles. The van der Waals surface area contributed by atoms with Gasteiger partial charge < -0.3 is 10.1 Å². The Labute approximate surface area is 122 Å². The van der Waals surface area contributed by atoms with Crippen LogP contribution < -0.4 is 10.1 Å². The van der Waals surface area contributed by atoms with Gasteiger partial charge in [-0.1, -0.05) is 13.0 Å². The van der Waals surface area contributed by atoms with Gasteiger partial charge in [0, 0.05) is 18.0 Å². The Hall–Kier alpha value is -1.30. The lowest BCUT2D eigenvalue weighted by molar-refractivity contribution is -0.136. The van der Waals surface area contributed by atoms with Crippen molar-refractivity contribution in [3.63, 3.8) is 0 Å². The van der Waals surface area contributed by atoms with Gasteiger partial charge in [0.25, 0.3) is 0 Å². The average Bonchev–Trinajstić information content (AvgIpc) is 2.40. The van der Waals surface area contributed by atoms with Crippen molar-refractivity contribution in [2.45, 2.75) is 45.3 Å². The van der Waals surface area contributed by atoms with Crippen molar-refractivity contribution in [3.8, 4) is 5.75 Å². The molecule has 0 saturated heterocycles. The molecule has 2 nitrogen and oxygen atoms in total. The van der Waals surface area contributed by atoms with E-state index in [4.69, 9.17) is 4.74 Å². The number of nitrogens with one attached hydrogen (secondary N) is 1. The molecule has 0 spiro atoms. The van der Waals surface area contributed by atoms with E-state index in [1.165, 1.54) is 12.1 Å². The van der Waals surface area contributed by atoms with Crippen LogP contribution in [0.3, 0.4) is 0 Å². The lowest BCUT2D eigenvalue weighted by atomic mass is 10.1. The predicted molar refractivity (Wildman–Crippen MR) is 73.9 cm³/mol. The van der Waals surface area contributed by atoms with Crippen molar-refractivity contribution < 1.29 is 22.3 Å². The van der Waals surface area contributed by atoms with E-state index in [2.05, 4.69) is 5.32 Å². The second-order valence-electron chi connectivity index (χ2n) is 4.89. The second-order valence-corrected chi connectivity index (χ2v) is 4.89. The minimum atomic E-state index is -4.19. The van der Waals surface area contributed by atoms with Crippen LogP contribution in [0.15, 0.2) is 18.2 Å². The minimum Gasteiger partial charge on any atom is -0.493 e. The standard InChI is InChI=1S/C15H21F4NO/c1-3-9-20-11(2)14-12(16)6-4-7-13(14)21-10-5-8-15(17,18)19/h4,6-7,11,20H,3,5,8-10H2,1-2H3. The number of rotatable bonds is 8. The van der Waals surface area contributed by atoms with E-state index < -0.39 is 18.4 Å². The third kappa shape index (κ3) is 6.33. The van der Waals surface area contributed by atoms with Crippen molar-refractivity contribution in [1.29, 1.82) is 0 Å². The average molecular weight is 307 g/mol. The van der Waals surface area contributed by atoms with Gasteiger partial charge in [-0.15, -0.1) is 0 Å². The predicted octanol–water partition coefficient (Wildman–Crippen LogP) is 4.61. The Morgan fingerprint density at radius 3 is 2.62 bits per heavy atom. The fourth-order valence-corrected chi connectivity index (χ4v) is 1.98. The maximum absolute atomic E-state index is 13.9. The van der Waals surface area contributed by atoms with Gasteiger partial charge >= 0.3 is 6.18 Å². The summed E-state index contributed by atoms with van der Waals surface area (Å²) < 4.78 is 55.5. The Balaban J connectivity index is 2.67. The van der Waals surface area contributed by atoms with Crippen LogP contribution in [0.1, 0.15) is 44.7 Å². The van der Waals surface area contributed by atoms with E-state index in [1.807, 2.05) is 6.92 Å². The van der Waals surface area contributed by atoms with Crippen molar-refractivity contribution >= 4 is 0 Å². The van der Waals surface area contributed by atoms with E-state index in [-0.39, 0.29) is 19.1 Å². The molecule has 1 unspecified atom stereocenters. The van der Waals surface area contributed by atoms with Crippen LogP contribution in [-0.4, -0.2) is 19.3 Å². The minimum absolute atomic E-state index is 0.0868. The van der Waals surface area contributed by atoms with Crippen LogP contribution in [0.25, 0.3) is 0 Å². The summed E-state index contributed by atoms with van der Waals surface area (Å²) in [6.07, 6.45) is -4.33. The first-order valence-corrected chi connectivity index (χ1v) is 7.06. The number of halogens is 4. The maximum atomic E-state index is 13.9. The van der Waals surface area contributed by atoms with E-state index in [0.717, 1.165) is 13.0 Å². The third-order valence-corrected chi connectivity index (χ3v) is 3.01. The highest BCUT2D eigenvalue weighted by Crippen LogP contribution is 2.28. The van der Waals surface area contributed by atoms with Crippen LogP contribution >= 0.6 is 0 Å². The highest BCUT2D eigenvalue weighted by molar-refractivity contribution is 5.37. The van der Waals surface area contributed by atoms with Crippen molar-refractivity contribution in [2.24, 2.45) is 0 Å². The van der Waals surface area contributed by atoms with E-state index in [0.29, 0.717) is 11.3 Å². The van der Waals surface area contributed by atoms with Crippen molar-refractivity contribution in [3.05, 3.63) is 29.6 Å². The molecule has 21 heavy (non-hydrogen) atoms. The highest BCUT2D eigenvalue weighted by atomic mass is 19.4. The smallest absolute Gasteiger partial charge is 0.389 e. The van der Waals surface area contributed by atoms with Crippen LogP contribution in [-0.2, 0) is 0 Å². The summed E-state index contributed by atoms with van der Waals surface area (Å²) in [5, 5.41) is 3.14. The fraction of sp³-hybridized carbons (Fsp3) is 0.600. The molecule has 0 heterocycles. The fourth-order valence-electron chi connectivity index (χ4n) is 1.98. The van der Waals surface area contributed by atoms with Gasteiger partial charge in [-0.2, -0.15) is 13.2 Å². The van der Waals surface area contributed by atoms with Crippen LogP contribution in [0.2, 0.25) is 0 Å². The first kappa shape index (κ1) is 17.8. The molecule has 1 atom stereocenters. The second kappa shape index (κ2) is 8.22. The zero-order chi connectivity index (χ0) is 15.9. The molecule has 0 aliphatic rings. The zero-order valence-electron chi connectivity index (χ0n) is 12.3. The van der Waals surface area contributed by atoms with Gasteiger partial charge in [0.1, 0.15) is 11.6 Å². The molecule has 0 bridgehead atoms. The molecule has 0 saturated carbocycles. The summed E-state index contributed by atoms with van der Waals surface area (Å²) in [5.41, 5.74) is 0.359. The number of benzene rings is 1. The molecule has 0 aliphatic carbocycles. The Bertz CT molecular complexity index is 434. The molecule has 0 amide bonds. The van der Waals surface area contributed by atoms with Gasteiger partial charge in [-0.3, -0.25) is 0 Å². The summed E-state index contributed by atoms with van der Waals surface area (Å²) in [5.74, 6) is -0.118. The molecular formula is C15H21F4NO. The molecular weight excluding hydrogens is 286 g/mol. The van der Waals surface area contributed by atoms with Crippen LogP contribution in [0, 0.1) is 5.82 Å². The van der Waals surface area contributed by atoms with Gasteiger partial charge in [-0.05, 0) is 38.4 Å². The summed E-state index contributed by atoms with van der Waals surface area (Å²) >= 11 is 0. The summed E-state index contributed by atoms with van der Waals surface area (Å²) in [6, 6.07) is 4.13.